The molecule has 1 amide bonds. The molecule has 0 bridgehead atoms. The zero-order chi connectivity index (χ0) is 12.0. The lowest BCUT2D eigenvalue weighted by Gasteiger charge is -2.16. The molecule has 0 heterocycles. The third kappa shape index (κ3) is 6.80. The third-order valence-corrected chi connectivity index (χ3v) is 2.78. The topological polar surface area (TPSA) is 44.4 Å². The van der Waals surface area contributed by atoms with Crippen LogP contribution in [0.4, 0.5) is 0 Å². The highest BCUT2D eigenvalue weighted by atomic mass is 16.1. The molecular weight excluding hydrogens is 202 g/mol. The fraction of sp³-hybridized carbons (Fsp3) is 0.917. The summed E-state index contributed by atoms with van der Waals surface area (Å²) in [4.78, 5) is 13.7. The fourth-order valence-electron chi connectivity index (χ4n) is 1.55. The zero-order valence-electron chi connectivity index (χ0n) is 10.8. The van der Waals surface area contributed by atoms with Crippen LogP contribution in [0.1, 0.15) is 32.6 Å². The summed E-state index contributed by atoms with van der Waals surface area (Å²) in [5, 5.41) is 6.37. The fourth-order valence-corrected chi connectivity index (χ4v) is 1.55. The molecule has 1 unspecified atom stereocenters. The van der Waals surface area contributed by atoms with Gasteiger partial charge < -0.3 is 15.5 Å². The molecule has 1 aliphatic carbocycles. The van der Waals surface area contributed by atoms with Gasteiger partial charge in [0.05, 0.1) is 0 Å². The van der Waals surface area contributed by atoms with Crippen LogP contribution in [-0.4, -0.2) is 50.1 Å². The Balaban J connectivity index is 1.98. The molecule has 0 aromatic rings. The Kier molecular flexibility index (Phi) is 5.77. The van der Waals surface area contributed by atoms with Crippen LogP contribution in [0, 0.1) is 0 Å². The molecule has 16 heavy (non-hydrogen) atoms. The van der Waals surface area contributed by atoms with Gasteiger partial charge in [-0.1, -0.05) is 0 Å². The average Bonchev–Trinajstić information content (AvgIpc) is 2.98. The van der Waals surface area contributed by atoms with Crippen molar-refractivity contribution in [1.82, 2.24) is 15.5 Å². The Morgan fingerprint density at radius 1 is 1.44 bits per heavy atom. The highest BCUT2D eigenvalue weighted by Crippen LogP contribution is 2.18. The summed E-state index contributed by atoms with van der Waals surface area (Å²) >= 11 is 0. The molecule has 1 fully saturated rings. The molecule has 4 heteroatoms. The van der Waals surface area contributed by atoms with Gasteiger partial charge in [-0.25, -0.2) is 0 Å². The van der Waals surface area contributed by atoms with E-state index < -0.39 is 0 Å². The lowest BCUT2D eigenvalue weighted by Crippen LogP contribution is -2.36. The average molecular weight is 227 g/mol. The molecule has 0 saturated heterocycles. The number of hydrogen-bond donors (Lipinski definition) is 2. The molecule has 94 valence electrons. The first kappa shape index (κ1) is 13.5. The van der Waals surface area contributed by atoms with Crippen molar-refractivity contribution in [1.29, 1.82) is 0 Å². The standard InChI is InChI=1S/C12H25N3O/c1-10(7-9-15(2)3)14-12(16)6-8-13-11-4-5-11/h10-11,13H,4-9H2,1-3H3,(H,14,16). The van der Waals surface area contributed by atoms with Crippen LogP contribution < -0.4 is 10.6 Å². The van der Waals surface area contributed by atoms with Gasteiger partial charge in [-0.3, -0.25) is 4.79 Å². The highest BCUT2D eigenvalue weighted by molar-refractivity contribution is 5.76. The van der Waals surface area contributed by atoms with Gasteiger partial charge in [0.25, 0.3) is 0 Å². The second-order valence-corrected chi connectivity index (χ2v) is 5.04. The van der Waals surface area contributed by atoms with Gasteiger partial charge in [0, 0.05) is 25.0 Å². The monoisotopic (exact) mass is 227 g/mol. The summed E-state index contributed by atoms with van der Waals surface area (Å²) in [6.45, 7) is 3.90. The Hall–Kier alpha value is -0.610. The smallest absolute Gasteiger partial charge is 0.221 e. The first-order valence-electron chi connectivity index (χ1n) is 6.25. The number of nitrogens with one attached hydrogen (secondary N) is 2. The van der Waals surface area contributed by atoms with Crippen LogP contribution in [0.15, 0.2) is 0 Å². The van der Waals surface area contributed by atoms with Crippen LogP contribution in [0.5, 0.6) is 0 Å². The van der Waals surface area contributed by atoms with E-state index in [1.54, 1.807) is 0 Å². The number of nitrogens with zero attached hydrogens (tertiary/aromatic N) is 1. The summed E-state index contributed by atoms with van der Waals surface area (Å²) in [5.41, 5.74) is 0. The minimum Gasteiger partial charge on any atom is -0.354 e. The van der Waals surface area contributed by atoms with E-state index in [0.717, 1.165) is 19.5 Å². The van der Waals surface area contributed by atoms with E-state index in [4.69, 9.17) is 0 Å². The normalized spacial score (nSPS) is 17.5. The van der Waals surface area contributed by atoms with Crippen LogP contribution >= 0.6 is 0 Å². The largest absolute Gasteiger partial charge is 0.354 e. The van der Waals surface area contributed by atoms with Gasteiger partial charge in [0.2, 0.25) is 5.91 Å². The second-order valence-electron chi connectivity index (χ2n) is 5.04. The van der Waals surface area contributed by atoms with Crippen molar-refractivity contribution in [2.45, 2.75) is 44.7 Å². The molecule has 1 rings (SSSR count). The van der Waals surface area contributed by atoms with Crippen LogP contribution in [-0.2, 0) is 4.79 Å². The summed E-state index contributed by atoms with van der Waals surface area (Å²) in [6.07, 6.45) is 4.17. The van der Waals surface area contributed by atoms with Crippen molar-refractivity contribution >= 4 is 5.91 Å². The zero-order valence-corrected chi connectivity index (χ0v) is 10.8. The Labute approximate surface area is 98.8 Å². The summed E-state index contributed by atoms with van der Waals surface area (Å²) in [5.74, 6) is 0.166. The summed E-state index contributed by atoms with van der Waals surface area (Å²) in [7, 11) is 4.10. The van der Waals surface area contributed by atoms with E-state index in [0.29, 0.717) is 12.5 Å². The maximum absolute atomic E-state index is 11.5. The van der Waals surface area contributed by atoms with Gasteiger partial charge >= 0.3 is 0 Å². The maximum atomic E-state index is 11.5. The second kappa shape index (κ2) is 6.86. The summed E-state index contributed by atoms with van der Waals surface area (Å²) in [6, 6.07) is 0.967. The number of carbonyl (C=O) groups excluding carboxylic acids is 1. The predicted octanol–water partition coefficient (Wildman–Crippen LogP) is 0.585. The Bertz CT molecular complexity index is 214. The molecule has 1 atom stereocenters. The molecule has 0 spiro atoms. The molecule has 1 aliphatic rings. The summed E-state index contributed by atoms with van der Waals surface area (Å²) < 4.78 is 0. The Morgan fingerprint density at radius 3 is 2.69 bits per heavy atom. The molecule has 2 N–H and O–H groups in total. The van der Waals surface area contributed by atoms with Crippen molar-refractivity contribution in [3.63, 3.8) is 0 Å². The molecule has 0 aliphatic heterocycles. The van der Waals surface area contributed by atoms with Crippen molar-refractivity contribution in [2.75, 3.05) is 27.2 Å². The lowest BCUT2D eigenvalue weighted by molar-refractivity contribution is -0.121. The maximum Gasteiger partial charge on any atom is 0.221 e. The highest BCUT2D eigenvalue weighted by Gasteiger charge is 2.20. The van der Waals surface area contributed by atoms with Gasteiger partial charge in [-0.05, 0) is 46.8 Å². The van der Waals surface area contributed by atoms with E-state index in [1.807, 2.05) is 14.1 Å². The van der Waals surface area contributed by atoms with Gasteiger partial charge in [0.1, 0.15) is 0 Å². The van der Waals surface area contributed by atoms with Crippen LogP contribution in [0.3, 0.4) is 0 Å². The van der Waals surface area contributed by atoms with Crippen molar-refractivity contribution in [3.8, 4) is 0 Å². The first-order chi connectivity index (χ1) is 7.58. The quantitative estimate of drug-likeness (QED) is 0.638. The van der Waals surface area contributed by atoms with E-state index in [-0.39, 0.29) is 11.9 Å². The molecule has 0 aromatic carbocycles. The van der Waals surface area contributed by atoms with E-state index in [2.05, 4.69) is 22.5 Å². The van der Waals surface area contributed by atoms with Crippen LogP contribution in [0.2, 0.25) is 0 Å². The third-order valence-electron chi connectivity index (χ3n) is 2.78. The molecule has 1 saturated carbocycles. The van der Waals surface area contributed by atoms with Crippen molar-refractivity contribution in [2.24, 2.45) is 0 Å². The van der Waals surface area contributed by atoms with E-state index in [1.165, 1.54) is 12.8 Å². The van der Waals surface area contributed by atoms with E-state index in [9.17, 15) is 4.79 Å². The molecule has 0 aromatic heterocycles. The Morgan fingerprint density at radius 2 is 2.12 bits per heavy atom. The van der Waals surface area contributed by atoms with Gasteiger partial charge in [-0.15, -0.1) is 0 Å². The van der Waals surface area contributed by atoms with Crippen molar-refractivity contribution < 1.29 is 4.79 Å². The SMILES string of the molecule is CC(CCN(C)C)NC(=O)CCNC1CC1. The van der Waals surface area contributed by atoms with Gasteiger partial charge in [0.15, 0.2) is 0 Å². The molecular formula is C12H25N3O. The van der Waals surface area contributed by atoms with Crippen LogP contribution in [0.25, 0.3) is 0 Å². The number of amides is 1. The molecule has 0 radical (unpaired) electrons. The van der Waals surface area contributed by atoms with Gasteiger partial charge in [-0.2, -0.15) is 0 Å². The van der Waals surface area contributed by atoms with E-state index >= 15 is 0 Å². The molecule has 4 nitrogen and oxygen atoms in total. The van der Waals surface area contributed by atoms with Crippen molar-refractivity contribution in [3.05, 3.63) is 0 Å². The number of carbonyl (C=O) groups is 1. The first-order valence-corrected chi connectivity index (χ1v) is 6.25. The number of hydrogen-bond acceptors (Lipinski definition) is 3. The minimum absolute atomic E-state index is 0.166. The minimum atomic E-state index is 0.166. The number of rotatable bonds is 8. The lowest BCUT2D eigenvalue weighted by atomic mass is 10.2. The predicted molar refractivity (Wildman–Crippen MR) is 66.4 cm³/mol.